The van der Waals surface area contributed by atoms with Crippen LogP contribution in [0.1, 0.15) is 11.3 Å². The van der Waals surface area contributed by atoms with Gasteiger partial charge in [-0.25, -0.2) is 4.98 Å². The normalized spacial score (nSPS) is 10.7. The highest BCUT2D eigenvalue weighted by Gasteiger charge is 2.02. The maximum atomic E-state index is 4.29. The van der Waals surface area contributed by atoms with Crippen molar-refractivity contribution in [3.05, 3.63) is 17.3 Å². The molecule has 3 nitrogen and oxygen atoms in total. The molecular formula is C7H7N3S. The first-order valence-corrected chi connectivity index (χ1v) is 4.11. The highest BCUT2D eigenvalue weighted by molar-refractivity contribution is 7.12. The van der Waals surface area contributed by atoms with E-state index in [-0.39, 0.29) is 0 Å². The molecule has 0 fully saturated rings. The van der Waals surface area contributed by atoms with E-state index in [0.29, 0.717) is 0 Å². The van der Waals surface area contributed by atoms with Crippen molar-refractivity contribution in [3.8, 4) is 0 Å². The number of fused-ring (bicyclic) bond motifs is 1. The quantitative estimate of drug-likeness (QED) is 0.596. The molecule has 0 aliphatic heterocycles. The molecule has 0 unspecified atom stereocenters. The van der Waals surface area contributed by atoms with Crippen LogP contribution in [0.15, 0.2) is 6.07 Å². The smallest absolute Gasteiger partial charge is 0.164 e. The average Bonchev–Trinajstić information content (AvgIpc) is 2.34. The van der Waals surface area contributed by atoms with E-state index in [1.807, 2.05) is 19.9 Å². The Morgan fingerprint density at radius 1 is 1.36 bits per heavy atom. The molecule has 0 saturated heterocycles. The van der Waals surface area contributed by atoms with Gasteiger partial charge in [-0.2, -0.15) is 0 Å². The Morgan fingerprint density at radius 2 is 2.18 bits per heavy atom. The largest absolute Gasteiger partial charge is 0.239 e. The predicted octanol–water partition coefficient (Wildman–Crippen LogP) is 1.70. The maximum absolute atomic E-state index is 4.29. The van der Waals surface area contributed by atoms with E-state index in [1.54, 1.807) is 0 Å². The lowest BCUT2D eigenvalue weighted by Crippen LogP contribution is -1.83. The monoisotopic (exact) mass is 165 g/mol. The minimum atomic E-state index is 0.931. The zero-order valence-electron chi connectivity index (χ0n) is 6.33. The average molecular weight is 165 g/mol. The fourth-order valence-corrected chi connectivity index (χ4v) is 1.75. The summed E-state index contributed by atoms with van der Waals surface area (Å²) in [5, 5.41) is 3.97. The van der Waals surface area contributed by atoms with Gasteiger partial charge < -0.3 is 0 Å². The van der Waals surface area contributed by atoms with Crippen LogP contribution in [0, 0.1) is 13.8 Å². The maximum Gasteiger partial charge on any atom is 0.164 e. The molecule has 2 aromatic rings. The Balaban J connectivity index is 2.91. The Morgan fingerprint density at radius 3 is 3.00 bits per heavy atom. The molecule has 4 heteroatoms. The second-order valence-electron chi connectivity index (χ2n) is 2.51. The first-order chi connectivity index (χ1) is 5.27. The van der Waals surface area contributed by atoms with E-state index in [1.165, 1.54) is 11.5 Å². The molecule has 0 bridgehead atoms. The van der Waals surface area contributed by atoms with E-state index >= 15 is 0 Å². The van der Waals surface area contributed by atoms with Crippen molar-refractivity contribution >= 4 is 21.9 Å². The minimum Gasteiger partial charge on any atom is -0.239 e. The van der Waals surface area contributed by atoms with Gasteiger partial charge in [-0.05, 0) is 25.5 Å². The van der Waals surface area contributed by atoms with E-state index < -0.39 is 0 Å². The molecule has 0 aliphatic carbocycles. The third-order valence-electron chi connectivity index (χ3n) is 1.55. The lowest BCUT2D eigenvalue weighted by Gasteiger charge is -1.93. The van der Waals surface area contributed by atoms with Crippen molar-refractivity contribution in [2.75, 3.05) is 0 Å². The van der Waals surface area contributed by atoms with Gasteiger partial charge in [0.15, 0.2) is 4.83 Å². The molecular weight excluding hydrogens is 158 g/mol. The number of nitrogens with zero attached hydrogens (tertiary/aromatic N) is 3. The summed E-state index contributed by atoms with van der Waals surface area (Å²) in [5.41, 5.74) is 3.11. The highest BCUT2D eigenvalue weighted by Crippen LogP contribution is 2.16. The molecule has 0 atom stereocenters. The van der Waals surface area contributed by atoms with E-state index in [9.17, 15) is 0 Å². The van der Waals surface area contributed by atoms with E-state index in [2.05, 4.69) is 14.6 Å². The van der Waals surface area contributed by atoms with Crippen LogP contribution < -0.4 is 0 Å². The molecule has 2 rings (SSSR count). The van der Waals surface area contributed by atoms with Crippen LogP contribution in [0.3, 0.4) is 0 Å². The van der Waals surface area contributed by atoms with Gasteiger partial charge in [0, 0.05) is 17.2 Å². The molecule has 0 amide bonds. The van der Waals surface area contributed by atoms with Gasteiger partial charge >= 0.3 is 0 Å². The number of pyridine rings is 1. The standard InChI is InChI=1S/C7H7N3S/c1-4-3-5(2)8-7-6(4)9-10-11-7/h3H,1-2H3. The Bertz CT molecular complexity index is 393. The third kappa shape index (κ3) is 0.991. The van der Waals surface area contributed by atoms with Crippen molar-refractivity contribution in [2.24, 2.45) is 0 Å². The summed E-state index contributed by atoms with van der Waals surface area (Å²) in [7, 11) is 0. The van der Waals surface area contributed by atoms with Crippen molar-refractivity contribution in [1.82, 2.24) is 14.6 Å². The van der Waals surface area contributed by atoms with Crippen LogP contribution in [0.2, 0.25) is 0 Å². The summed E-state index contributed by atoms with van der Waals surface area (Å²) in [6.07, 6.45) is 0. The van der Waals surface area contributed by atoms with Gasteiger partial charge in [-0.15, -0.1) is 5.10 Å². The van der Waals surface area contributed by atoms with E-state index in [4.69, 9.17) is 0 Å². The van der Waals surface area contributed by atoms with E-state index in [0.717, 1.165) is 21.6 Å². The lowest BCUT2D eigenvalue weighted by atomic mass is 10.2. The molecule has 0 aliphatic rings. The first-order valence-electron chi connectivity index (χ1n) is 3.33. The van der Waals surface area contributed by atoms with Gasteiger partial charge in [0.05, 0.1) is 0 Å². The van der Waals surface area contributed by atoms with Crippen molar-refractivity contribution in [3.63, 3.8) is 0 Å². The van der Waals surface area contributed by atoms with Crippen molar-refractivity contribution in [2.45, 2.75) is 13.8 Å². The third-order valence-corrected chi connectivity index (χ3v) is 2.17. The fraction of sp³-hybridized carbons (Fsp3) is 0.286. The molecule has 2 heterocycles. The topological polar surface area (TPSA) is 38.7 Å². The summed E-state index contributed by atoms with van der Waals surface area (Å²) in [6, 6.07) is 2.02. The number of hydrogen-bond acceptors (Lipinski definition) is 4. The van der Waals surface area contributed by atoms with Gasteiger partial charge in [0.2, 0.25) is 0 Å². The SMILES string of the molecule is Cc1cc(C)c2nnsc2n1. The van der Waals surface area contributed by atoms with Crippen LogP contribution in [0.5, 0.6) is 0 Å². The summed E-state index contributed by atoms with van der Waals surface area (Å²) in [5.74, 6) is 0. The summed E-state index contributed by atoms with van der Waals surface area (Å²) in [6.45, 7) is 4.00. The number of rotatable bonds is 0. The van der Waals surface area contributed by atoms with Crippen molar-refractivity contribution < 1.29 is 0 Å². The Hall–Kier alpha value is -1.03. The second-order valence-corrected chi connectivity index (χ2v) is 3.24. The van der Waals surface area contributed by atoms with Gasteiger partial charge in [-0.1, -0.05) is 4.49 Å². The summed E-state index contributed by atoms with van der Waals surface area (Å²) in [4.78, 5) is 5.22. The summed E-state index contributed by atoms with van der Waals surface area (Å²) >= 11 is 1.34. The van der Waals surface area contributed by atoms with Crippen LogP contribution in [-0.2, 0) is 0 Å². The molecule has 11 heavy (non-hydrogen) atoms. The molecule has 0 spiro atoms. The van der Waals surface area contributed by atoms with Crippen LogP contribution >= 0.6 is 11.5 Å². The fourth-order valence-electron chi connectivity index (χ4n) is 1.08. The molecule has 0 N–H and O–H groups in total. The zero-order valence-corrected chi connectivity index (χ0v) is 7.14. The van der Waals surface area contributed by atoms with Crippen LogP contribution in [0.25, 0.3) is 10.3 Å². The molecule has 0 aromatic carbocycles. The Kier molecular flexibility index (Phi) is 1.35. The van der Waals surface area contributed by atoms with Crippen LogP contribution in [0.4, 0.5) is 0 Å². The van der Waals surface area contributed by atoms with Gasteiger partial charge in [-0.3, -0.25) is 0 Å². The van der Waals surface area contributed by atoms with Gasteiger partial charge in [0.1, 0.15) is 5.52 Å². The highest BCUT2D eigenvalue weighted by atomic mass is 32.1. The van der Waals surface area contributed by atoms with Crippen LogP contribution in [-0.4, -0.2) is 14.6 Å². The number of hydrogen-bond donors (Lipinski definition) is 0. The summed E-state index contributed by atoms with van der Waals surface area (Å²) < 4.78 is 3.83. The van der Waals surface area contributed by atoms with Crippen molar-refractivity contribution in [1.29, 1.82) is 0 Å². The lowest BCUT2D eigenvalue weighted by molar-refractivity contribution is 1.17. The Labute approximate surface area is 68.3 Å². The second kappa shape index (κ2) is 2.23. The predicted molar refractivity (Wildman–Crippen MR) is 44.7 cm³/mol. The van der Waals surface area contributed by atoms with Gasteiger partial charge in [0.25, 0.3) is 0 Å². The zero-order chi connectivity index (χ0) is 7.84. The molecule has 56 valence electrons. The first kappa shape index (κ1) is 6.67. The molecule has 0 radical (unpaired) electrons. The molecule has 0 saturated carbocycles. The molecule has 2 aromatic heterocycles. The number of aryl methyl sites for hydroxylation is 2. The minimum absolute atomic E-state index is 0.931. The number of aromatic nitrogens is 3.